The average Bonchev–Trinajstić information content (AvgIpc) is 2.62. The number of para-hydroxylation sites is 2. The van der Waals surface area contributed by atoms with Crippen LogP contribution in [0.4, 0.5) is 9.59 Å². The first-order chi connectivity index (χ1) is 13.3. The summed E-state index contributed by atoms with van der Waals surface area (Å²) in [4.78, 5) is 25.8. The highest BCUT2D eigenvalue weighted by atomic mass is 16.6. The largest absolute Gasteiger partial charge is 0.490 e. The molecule has 1 aromatic rings. The minimum atomic E-state index is -0.507. The van der Waals surface area contributed by atoms with Gasteiger partial charge in [-0.2, -0.15) is 0 Å². The van der Waals surface area contributed by atoms with Gasteiger partial charge in [0.05, 0.1) is 6.61 Å². The topological polar surface area (TPSA) is 89.1 Å². The molecular weight excluding hydrogens is 362 g/mol. The molecular formula is C20H31N3O5. The number of carbonyl (C=O) groups is 2. The number of hydrogen-bond acceptors (Lipinski definition) is 5. The van der Waals surface area contributed by atoms with Gasteiger partial charge in [-0.05, 0) is 52.7 Å². The Bertz CT molecular complexity index is 651. The number of rotatable bonds is 6. The fourth-order valence-corrected chi connectivity index (χ4v) is 2.79. The quantitative estimate of drug-likeness (QED) is 0.725. The highest BCUT2D eigenvalue weighted by Crippen LogP contribution is 2.25. The SMILES string of the molecule is CCOc1ccccc1OCNC(=O)NC1CCN(C(=O)OC(C)(C)C)CC1. The number of carbonyl (C=O) groups excluding carboxylic acids is 2. The molecule has 8 nitrogen and oxygen atoms in total. The minimum Gasteiger partial charge on any atom is -0.490 e. The van der Waals surface area contributed by atoms with Gasteiger partial charge in [-0.25, -0.2) is 9.59 Å². The normalized spacial score (nSPS) is 14.9. The van der Waals surface area contributed by atoms with E-state index < -0.39 is 5.60 Å². The van der Waals surface area contributed by atoms with Crippen LogP contribution in [0, 0.1) is 0 Å². The maximum atomic E-state index is 12.1. The van der Waals surface area contributed by atoms with Crippen molar-refractivity contribution in [2.24, 2.45) is 0 Å². The second-order valence-corrected chi connectivity index (χ2v) is 7.56. The molecule has 0 radical (unpaired) electrons. The van der Waals surface area contributed by atoms with E-state index in [9.17, 15) is 9.59 Å². The summed E-state index contributed by atoms with van der Waals surface area (Å²) in [5.74, 6) is 1.22. The van der Waals surface area contributed by atoms with Gasteiger partial charge in [-0.15, -0.1) is 0 Å². The molecule has 1 aromatic carbocycles. The van der Waals surface area contributed by atoms with E-state index in [0.29, 0.717) is 44.0 Å². The molecule has 28 heavy (non-hydrogen) atoms. The lowest BCUT2D eigenvalue weighted by molar-refractivity contribution is 0.0201. The second-order valence-electron chi connectivity index (χ2n) is 7.56. The Hall–Kier alpha value is -2.64. The number of amides is 3. The highest BCUT2D eigenvalue weighted by molar-refractivity contribution is 5.74. The molecule has 0 saturated carbocycles. The fourth-order valence-electron chi connectivity index (χ4n) is 2.79. The molecule has 0 unspecified atom stereocenters. The van der Waals surface area contributed by atoms with E-state index in [2.05, 4.69) is 10.6 Å². The van der Waals surface area contributed by atoms with Gasteiger partial charge in [0.1, 0.15) is 5.60 Å². The molecule has 156 valence electrons. The molecule has 1 heterocycles. The van der Waals surface area contributed by atoms with Crippen molar-refractivity contribution < 1.29 is 23.8 Å². The maximum Gasteiger partial charge on any atom is 0.410 e. The zero-order chi connectivity index (χ0) is 20.6. The number of hydrogen-bond donors (Lipinski definition) is 2. The van der Waals surface area contributed by atoms with Crippen molar-refractivity contribution in [1.82, 2.24) is 15.5 Å². The third-order valence-electron chi connectivity index (χ3n) is 4.09. The van der Waals surface area contributed by atoms with Crippen LogP contribution in [0.3, 0.4) is 0 Å². The lowest BCUT2D eigenvalue weighted by Crippen LogP contribution is -2.50. The summed E-state index contributed by atoms with van der Waals surface area (Å²) in [5, 5.41) is 5.59. The van der Waals surface area contributed by atoms with Crippen LogP contribution in [-0.4, -0.2) is 55.1 Å². The second kappa shape index (κ2) is 10.1. The van der Waals surface area contributed by atoms with Gasteiger partial charge in [-0.1, -0.05) is 12.1 Å². The Morgan fingerprint density at radius 1 is 1.11 bits per heavy atom. The number of urea groups is 1. The van der Waals surface area contributed by atoms with Crippen molar-refractivity contribution in [1.29, 1.82) is 0 Å². The summed E-state index contributed by atoms with van der Waals surface area (Å²) in [6, 6.07) is 7.02. The third kappa shape index (κ3) is 7.17. The Morgan fingerprint density at radius 3 is 2.29 bits per heavy atom. The Balaban J connectivity index is 1.69. The predicted molar refractivity (Wildman–Crippen MR) is 106 cm³/mol. The number of piperidine rings is 1. The predicted octanol–water partition coefficient (Wildman–Crippen LogP) is 3.12. The van der Waals surface area contributed by atoms with Gasteiger partial charge >= 0.3 is 12.1 Å². The summed E-state index contributed by atoms with van der Waals surface area (Å²) >= 11 is 0. The van der Waals surface area contributed by atoms with E-state index in [1.165, 1.54) is 0 Å². The van der Waals surface area contributed by atoms with Crippen molar-refractivity contribution >= 4 is 12.1 Å². The zero-order valence-corrected chi connectivity index (χ0v) is 17.1. The average molecular weight is 393 g/mol. The highest BCUT2D eigenvalue weighted by Gasteiger charge is 2.27. The molecule has 1 saturated heterocycles. The molecule has 1 aliphatic heterocycles. The lowest BCUT2D eigenvalue weighted by Gasteiger charge is -2.33. The molecule has 1 aliphatic rings. The molecule has 0 atom stereocenters. The van der Waals surface area contributed by atoms with E-state index in [4.69, 9.17) is 14.2 Å². The van der Waals surface area contributed by atoms with Crippen LogP contribution in [0.25, 0.3) is 0 Å². The molecule has 0 spiro atoms. The van der Waals surface area contributed by atoms with Gasteiger partial charge in [-0.3, -0.25) is 0 Å². The number of nitrogens with zero attached hydrogens (tertiary/aromatic N) is 1. The van der Waals surface area contributed by atoms with Crippen LogP contribution in [0.1, 0.15) is 40.5 Å². The molecule has 2 N–H and O–H groups in total. The third-order valence-corrected chi connectivity index (χ3v) is 4.09. The summed E-state index contributed by atoms with van der Waals surface area (Å²) in [6.45, 7) is 9.12. The monoisotopic (exact) mass is 393 g/mol. The van der Waals surface area contributed by atoms with Gasteiger partial charge in [0, 0.05) is 19.1 Å². The Morgan fingerprint density at radius 2 is 1.71 bits per heavy atom. The Kier molecular flexibility index (Phi) is 7.78. The van der Waals surface area contributed by atoms with Gasteiger partial charge in [0.25, 0.3) is 0 Å². The number of ether oxygens (including phenoxy) is 3. The number of likely N-dealkylation sites (tertiary alicyclic amines) is 1. The molecule has 0 aromatic heterocycles. The fraction of sp³-hybridized carbons (Fsp3) is 0.600. The van der Waals surface area contributed by atoms with Crippen molar-refractivity contribution in [3.05, 3.63) is 24.3 Å². The van der Waals surface area contributed by atoms with E-state index >= 15 is 0 Å². The molecule has 3 amide bonds. The van der Waals surface area contributed by atoms with Gasteiger partial charge in [0.15, 0.2) is 18.2 Å². The first-order valence-corrected chi connectivity index (χ1v) is 9.65. The summed E-state index contributed by atoms with van der Waals surface area (Å²) < 4.78 is 16.4. The first-order valence-electron chi connectivity index (χ1n) is 9.65. The van der Waals surface area contributed by atoms with Crippen molar-refractivity contribution in [2.45, 2.75) is 52.2 Å². The summed E-state index contributed by atoms with van der Waals surface area (Å²) in [7, 11) is 0. The first kappa shape index (κ1) is 21.7. The van der Waals surface area contributed by atoms with Crippen LogP contribution in [0.5, 0.6) is 11.5 Å². The molecule has 8 heteroatoms. The van der Waals surface area contributed by atoms with E-state index in [1.54, 1.807) is 11.0 Å². The van der Waals surface area contributed by atoms with Gasteiger partial charge in [0.2, 0.25) is 0 Å². The van der Waals surface area contributed by atoms with Crippen LogP contribution >= 0.6 is 0 Å². The van der Waals surface area contributed by atoms with E-state index in [0.717, 1.165) is 0 Å². The summed E-state index contributed by atoms with van der Waals surface area (Å²) in [6.07, 6.45) is 1.05. The number of benzene rings is 1. The maximum absolute atomic E-state index is 12.1. The van der Waals surface area contributed by atoms with Crippen LogP contribution in [0.2, 0.25) is 0 Å². The van der Waals surface area contributed by atoms with Crippen LogP contribution in [-0.2, 0) is 4.74 Å². The van der Waals surface area contributed by atoms with E-state index in [1.807, 2.05) is 45.9 Å². The molecule has 0 bridgehead atoms. The van der Waals surface area contributed by atoms with E-state index in [-0.39, 0.29) is 24.9 Å². The van der Waals surface area contributed by atoms with Crippen molar-refractivity contribution in [3.63, 3.8) is 0 Å². The smallest absolute Gasteiger partial charge is 0.410 e. The lowest BCUT2D eigenvalue weighted by atomic mass is 10.1. The molecule has 1 fully saturated rings. The number of nitrogens with one attached hydrogen (secondary N) is 2. The van der Waals surface area contributed by atoms with Crippen LogP contribution < -0.4 is 20.1 Å². The van der Waals surface area contributed by atoms with Crippen LogP contribution in [0.15, 0.2) is 24.3 Å². The standard InChI is InChI=1S/C20H31N3O5/c1-5-26-16-8-6-7-9-17(16)27-14-21-18(24)22-15-10-12-23(13-11-15)19(25)28-20(2,3)4/h6-9,15H,5,10-14H2,1-4H3,(H2,21,22,24). The minimum absolute atomic E-state index is 0.00870. The van der Waals surface area contributed by atoms with Gasteiger partial charge < -0.3 is 29.7 Å². The zero-order valence-electron chi connectivity index (χ0n) is 17.1. The van der Waals surface area contributed by atoms with Crippen molar-refractivity contribution in [2.75, 3.05) is 26.4 Å². The molecule has 0 aliphatic carbocycles. The van der Waals surface area contributed by atoms with Crippen molar-refractivity contribution in [3.8, 4) is 11.5 Å². The Labute approximate surface area is 166 Å². The summed E-state index contributed by atoms with van der Waals surface area (Å²) in [5.41, 5.74) is -0.507. The molecule has 2 rings (SSSR count).